The third-order valence-corrected chi connectivity index (χ3v) is 5.38. The Hall–Kier alpha value is -3.16. The predicted molar refractivity (Wildman–Crippen MR) is 132 cm³/mol. The Morgan fingerprint density at radius 1 is 0.969 bits per heavy atom. The second kappa shape index (κ2) is 10.9. The molecule has 7 heteroatoms. The lowest BCUT2D eigenvalue weighted by molar-refractivity contribution is 0.122. The SMILES string of the molecule is CN(C)CCCNc1nc(Nc2ccc(N3CCOCC3)cc2)cc(-c2ccccc2)n1. The molecule has 3 aromatic rings. The fraction of sp³-hybridized carbons (Fsp3) is 0.360. The van der Waals surface area contributed by atoms with E-state index in [1.807, 2.05) is 24.3 Å². The minimum Gasteiger partial charge on any atom is -0.378 e. The van der Waals surface area contributed by atoms with Gasteiger partial charge in [-0.05, 0) is 51.3 Å². The van der Waals surface area contributed by atoms with E-state index in [9.17, 15) is 0 Å². The molecule has 1 aromatic heterocycles. The highest BCUT2D eigenvalue weighted by Gasteiger charge is 2.11. The number of anilines is 4. The van der Waals surface area contributed by atoms with Crippen molar-refractivity contribution in [2.45, 2.75) is 6.42 Å². The van der Waals surface area contributed by atoms with Gasteiger partial charge in [-0.2, -0.15) is 4.98 Å². The average Bonchev–Trinajstić information content (AvgIpc) is 2.83. The highest BCUT2D eigenvalue weighted by Crippen LogP contribution is 2.25. The number of morpholine rings is 1. The normalized spacial score (nSPS) is 13.9. The van der Waals surface area contributed by atoms with Gasteiger partial charge in [0, 0.05) is 42.6 Å². The first-order chi connectivity index (χ1) is 15.7. The fourth-order valence-electron chi connectivity index (χ4n) is 3.67. The smallest absolute Gasteiger partial charge is 0.225 e. The Morgan fingerprint density at radius 3 is 2.44 bits per heavy atom. The number of ether oxygens (including phenoxy) is 1. The van der Waals surface area contributed by atoms with Crippen molar-refractivity contribution in [2.75, 3.05) is 69.0 Å². The van der Waals surface area contributed by atoms with E-state index in [1.165, 1.54) is 5.69 Å². The van der Waals surface area contributed by atoms with Gasteiger partial charge < -0.3 is 25.2 Å². The zero-order valence-electron chi connectivity index (χ0n) is 18.9. The molecule has 1 fully saturated rings. The van der Waals surface area contributed by atoms with Gasteiger partial charge in [0.15, 0.2) is 0 Å². The summed E-state index contributed by atoms with van der Waals surface area (Å²) in [7, 11) is 4.16. The Morgan fingerprint density at radius 2 is 1.72 bits per heavy atom. The lowest BCUT2D eigenvalue weighted by Gasteiger charge is -2.28. The Bertz CT molecular complexity index is 971. The highest BCUT2D eigenvalue weighted by molar-refractivity contribution is 5.68. The van der Waals surface area contributed by atoms with Crippen LogP contribution in [0.1, 0.15) is 6.42 Å². The van der Waals surface area contributed by atoms with Gasteiger partial charge in [-0.1, -0.05) is 30.3 Å². The van der Waals surface area contributed by atoms with Gasteiger partial charge in [-0.15, -0.1) is 0 Å². The summed E-state index contributed by atoms with van der Waals surface area (Å²) in [6, 6.07) is 20.7. The number of hydrogen-bond donors (Lipinski definition) is 2. The lowest BCUT2D eigenvalue weighted by atomic mass is 10.1. The number of benzene rings is 2. The van der Waals surface area contributed by atoms with Crippen molar-refractivity contribution in [1.82, 2.24) is 14.9 Å². The summed E-state index contributed by atoms with van der Waals surface area (Å²) in [5, 5.41) is 6.83. The third-order valence-electron chi connectivity index (χ3n) is 5.38. The van der Waals surface area contributed by atoms with Crippen LogP contribution in [-0.2, 0) is 4.74 Å². The topological polar surface area (TPSA) is 65.5 Å². The third kappa shape index (κ3) is 6.18. The minimum atomic E-state index is 0.637. The zero-order chi connectivity index (χ0) is 22.2. The maximum Gasteiger partial charge on any atom is 0.225 e. The van der Waals surface area contributed by atoms with Crippen LogP contribution in [0.3, 0.4) is 0 Å². The van der Waals surface area contributed by atoms with Gasteiger partial charge in [0.1, 0.15) is 5.82 Å². The van der Waals surface area contributed by atoms with Gasteiger partial charge in [0.05, 0.1) is 18.9 Å². The monoisotopic (exact) mass is 432 g/mol. The maximum atomic E-state index is 5.45. The molecule has 0 atom stereocenters. The van der Waals surface area contributed by atoms with Gasteiger partial charge >= 0.3 is 0 Å². The van der Waals surface area contributed by atoms with Crippen molar-refractivity contribution in [2.24, 2.45) is 0 Å². The molecule has 0 spiro atoms. The molecule has 32 heavy (non-hydrogen) atoms. The summed E-state index contributed by atoms with van der Waals surface area (Å²) in [5.74, 6) is 1.41. The highest BCUT2D eigenvalue weighted by atomic mass is 16.5. The van der Waals surface area contributed by atoms with E-state index < -0.39 is 0 Å². The van der Waals surface area contributed by atoms with E-state index in [0.29, 0.717) is 5.95 Å². The molecule has 0 aliphatic carbocycles. The molecular weight excluding hydrogens is 400 g/mol. The van der Waals surface area contributed by atoms with E-state index >= 15 is 0 Å². The van der Waals surface area contributed by atoms with Crippen LogP contribution in [0.4, 0.5) is 23.1 Å². The number of aromatic nitrogens is 2. The van der Waals surface area contributed by atoms with Gasteiger partial charge in [-0.3, -0.25) is 0 Å². The van der Waals surface area contributed by atoms with Crippen LogP contribution in [-0.4, -0.2) is 68.4 Å². The van der Waals surface area contributed by atoms with E-state index in [1.54, 1.807) is 0 Å². The molecular formula is C25H32N6O. The number of nitrogens with one attached hydrogen (secondary N) is 2. The number of nitrogens with zero attached hydrogens (tertiary/aromatic N) is 4. The minimum absolute atomic E-state index is 0.637. The van der Waals surface area contributed by atoms with Crippen LogP contribution in [0.2, 0.25) is 0 Å². The lowest BCUT2D eigenvalue weighted by Crippen LogP contribution is -2.36. The second-order valence-corrected chi connectivity index (χ2v) is 8.18. The number of rotatable bonds is 9. The molecule has 168 valence electrons. The van der Waals surface area contributed by atoms with E-state index in [4.69, 9.17) is 14.7 Å². The molecule has 4 rings (SSSR count). The van der Waals surface area contributed by atoms with Crippen LogP contribution in [0, 0.1) is 0 Å². The van der Waals surface area contributed by atoms with E-state index in [0.717, 1.165) is 68.6 Å². The summed E-state index contributed by atoms with van der Waals surface area (Å²) < 4.78 is 5.45. The first-order valence-electron chi connectivity index (χ1n) is 11.2. The van der Waals surface area contributed by atoms with Gasteiger partial charge in [0.2, 0.25) is 5.95 Å². The first-order valence-corrected chi connectivity index (χ1v) is 11.2. The van der Waals surface area contributed by atoms with Crippen molar-refractivity contribution in [3.63, 3.8) is 0 Å². The average molecular weight is 433 g/mol. The molecule has 0 unspecified atom stereocenters. The summed E-state index contributed by atoms with van der Waals surface area (Å²) in [4.78, 5) is 14.0. The van der Waals surface area contributed by atoms with Crippen molar-refractivity contribution < 1.29 is 4.74 Å². The summed E-state index contributed by atoms with van der Waals surface area (Å²) in [5.41, 5.74) is 4.17. The van der Waals surface area contributed by atoms with E-state index in [-0.39, 0.29) is 0 Å². The molecule has 7 nitrogen and oxygen atoms in total. The predicted octanol–water partition coefficient (Wildman–Crippen LogP) is 4.09. The van der Waals surface area contributed by atoms with Crippen LogP contribution in [0.25, 0.3) is 11.3 Å². The standard InChI is InChI=1S/C25H32N6O/c1-30(2)14-6-13-26-25-28-23(20-7-4-3-5-8-20)19-24(29-25)27-21-9-11-22(12-10-21)31-15-17-32-18-16-31/h3-5,7-12,19H,6,13-18H2,1-2H3,(H2,26,27,28,29). The van der Waals surface area contributed by atoms with Gasteiger partial charge in [-0.25, -0.2) is 4.98 Å². The van der Waals surface area contributed by atoms with Crippen molar-refractivity contribution >= 4 is 23.1 Å². The van der Waals surface area contributed by atoms with Gasteiger partial charge in [0.25, 0.3) is 0 Å². The zero-order valence-corrected chi connectivity index (χ0v) is 18.9. The summed E-state index contributed by atoms with van der Waals surface area (Å²) in [6.45, 7) is 5.28. The molecule has 0 radical (unpaired) electrons. The molecule has 0 saturated carbocycles. The van der Waals surface area contributed by atoms with Crippen LogP contribution < -0.4 is 15.5 Å². The van der Waals surface area contributed by atoms with Crippen LogP contribution >= 0.6 is 0 Å². The fourth-order valence-corrected chi connectivity index (χ4v) is 3.67. The van der Waals surface area contributed by atoms with Crippen LogP contribution in [0.5, 0.6) is 0 Å². The van der Waals surface area contributed by atoms with Crippen molar-refractivity contribution in [3.8, 4) is 11.3 Å². The Balaban J connectivity index is 1.50. The van der Waals surface area contributed by atoms with Crippen molar-refractivity contribution in [3.05, 3.63) is 60.7 Å². The molecule has 0 amide bonds. The summed E-state index contributed by atoms with van der Waals surface area (Å²) in [6.07, 6.45) is 1.03. The number of hydrogen-bond acceptors (Lipinski definition) is 7. The van der Waals surface area contributed by atoms with Crippen LogP contribution in [0.15, 0.2) is 60.7 Å². The van der Waals surface area contributed by atoms with Crippen molar-refractivity contribution in [1.29, 1.82) is 0 Å². The molecule has 0 bridgehead atoms. The molecule has 2 aromatic carbocycles. The maximum absolute atomic E-state index is 5.45. The first kappa shape index (κ1) is 22.0. The molecule has 1 aliphatic heterocycles. The van der Waals surface area contributed by atoms with E-state index in [2.05, 4.69) is 70.9 Å². The molecule has 2 N–H and O–H groups in total. The molecule has 2 heterocycles. The Kier molecular flexibility index (Phi) is 7.53. The Labute approximate surface area is 190 Å². The largest absolute Gasteiger partial charge is 0.378 e. The second-order valence-electron chi connectivity index (χ2n) is 8.18. The molecule has 1 aliphatic rings. The molecule has 1 saturated heterocycles. The summed E-state index contributed by atoms with van der Waals surface area (Å²) >= 11 is 0. The quantitative estimate of drug-likeness (QED) is 0.494.